The molecule has 0 spiro atoms. The van der Waals surface area contributed by atoms with Crippen LogP contribution in [0, 0.1) is 0 Å². The first kappa shape index (κ1) is 20.9. The molecule has 1 fully saturated rings. The number of hydrogen-bond acceptors (Lipinski definition) is 9. The minimum absolute atomic E-state index is 0.0588. The van der Waals surface area contributed by atoms with E-state index in [0.717, 1.165) is 0 Å². The SMILES string of the molecule is C/C=C\N(C(=O)NC=O)C1CCC(CON(OC)O[P+](C)(N)O)O1. The van der Waals surface area contributed by atoms with E-state index < -0.39 is 20.1 Å². The molecule has 138 valence electrons. The Labute approximate surface area is 140 Å². The number of imide groups is 1. The van der Waals surface area contributed by atoms with Crippen LogP contribution >= 0.6 is 7.87 Å². The van der Waals surface area contributed by atoms with Crippen LogP contribution in [0.4, 0.5) is 4.79 Å². The van der Waals surface area contributed by atoms with E-state index in [9.17, 15) is 14.5 Å². The van der Waals surface area contributed by atoms with Crippen LogP contribution in [0.3, 0.4) is 0 Å². The molecule has 0 radical (unpaired) electrons. The van der Waals surface area contributed by atoms with Crippen molar-refractivity contribution in [2.75, 3.05) is 20.4 Å². The van der Waals surface area contributed by atoms with E-state index in [0.29, 0.717) is 24.6 Å². The number of carbonyl (C=O) groups excluding carboxylic acids is 2. The average Bonchev–Trinajstić information content (AvgIpc) is 2.96. The monoisotopic (exact) mass is 367 g/mol. The third kappa shape index (κ3) is 7.16. The van der Waals surface area contributed by atoms with Crippen LogP contribution in [0.2, 0.25) is 0 Å². The molecule has 0 saturated carbocycles. The molecule has 11 nitrogen and oxygen atoms in total. The summed E-state index contributed by atoms with van der Waals surface area (Å²) < 4.78 is 10.6. The number of ether oxygens (including phenoxy) is 1. The molecule has 3 amide bonds. The minimum atomic E-state index is -3.08. The summed E-state index contributed by atoms with van der Waals surface area (Å²) >= 11 is 0. The van der Waals surface area contributed by atoms with Crippen LogP contribution in [0.5, 0.6) is 0 Å². The zero-order chi connectivity index (χ0) is 18.2. The van der Waals surface area contributed by atoms with Crippen molar-refractivity contribution >= 4 is 20.3 Å². The molecule has 3 atom stereocenters. The largest absolute Gasteiger partial charge is 0.369 e. The van der Waals surface area contributed by atoms with Gasteiger partial charge in [0.2, 0.25) is 6.41 Å². The average molecular weight is 367 g/mol. The third-order valence-electron chi connectivity index (χ3n) is 2.87. The van der Waals surface area contributed by atoms with E-state index >= 15 is 0 Å². The number of amides is 3. The first-order valence-electron chi connectivity index (χ1n) is 7.16. The fourth-order valence-corrected chi connectivity index (χ4v) is 2.37. The summed E-state index contributed by atoms with van der Waals surface area (Å²) in [6, 6.07) is -0.583. The molecule has 1 saturated heterocycles. The number of nitrogens with two attached hydrogens (primary N) is 1. The van der Waals surface area contributed by atoms with Gasteiger partial charge in [-0.1, -0.05) is 6.08 Å². The lowest BCUT2D eigenvalue weighted by Gasteiger charge is -2.25. The molecule has 1 aliphatic rings. The number of hydrogen-bond donors (Lipinski definition) is 3. The lowest BCUT2D eigenvalue weighted by Crippen LogP contribution is -2.42. The molecule has 4 N–H and O–H groups in total. The maximum Gasteiger partial charge on any atom is 0.369 e. The number of allylic oxidation sites excluding steroid dienone is 1. The van der Waals surface area contributed by atoms with Crippen LogP contribution in [-0.4, -0.2) is 60.3 Å². The molecule has 0 aromatic carbocycles. The zero-order valence-electron chi connectivity index (χ0n) is 13.8. The second-order valence-electron chi connectivity index (χ2n) is 4.97. The zero-order valence-corrected chi connectivity index (χ0v) is 14.7. The minimum Gasteiger partial charge on any atom is -0.352 e. The van der Waals surface area contributed by atoms with Crippen molar-refractivity contribution in [2.24, 2.45) is 5.50 Å². The highest BCUT2D eigenvalue weighted by atomic mass is 31.2. The van der Waals surface area contributed by atoms with Gasteiger partial charge in [0, 0.05) is 6.20 Å². The Morgan fingerprint density at radius 1 is 1.54 bits per heavy atom. The molecule has 1 heterocycles. The summed E-state index contributed by atoms with van der Waals surface area (Å²) in [5, 5.41) is 2.68. The van der Waals surface area contributed by atoms with Gasteiger partial charge in [-0.2, -0.15) is 5.50 Å². The van der Waals surface area contributed by atoms with E-state index in [1.54, 1.807) is 13.0 Å². The molecule has 1 aliphatic heterocycles. The molecular weight excluding hydrogens is 343 g/mol. The summed E-state index contributed by atoms with van der Waals surface area (Å²) in [7, 11) is -1.79. The van der Waals surface area contributed by atoms with Crippen molar-refractivity contribution in [3.63, 3.8) is 0 Å². The lowest BCUT2D eigenvalue weighted by molar-refractivity contribution is -0.487. The van der Waals surface area contributed by atoms with Gasteiger partial charge < -0.3 is 4.74 Å². The van der Waals surface area contributed by atoms with E-state index in [1.807, 2.05) is 0 Å². The van der Waals surface area contributed by atoms with Crippen LogP contribution in [0.1, 0.15) is 19.8 Å². The molecule has 1 rings (SSSR count). The lowest BCUT2D eigenvalue weighted by atomic mass is 10.2. The predicted molar refractivity (Wildman–Crippen MR) is 84.3 cm³/mol. The van der Waals surface area contributed by atoms with E-state index in [2.05, 4.69) is 5.32 Å². The topological polar surface area (TPSA) is 136 Å². The van der Waals surface area contributed by atoms with Crippen LogP contribution in [0.25, 0.3) is 0 Å². The standard InChI is InChI=1S/C12H23N4O7P/c1-4-7-15(12(18)14-9-17)11-6-5-10(22-11)8-21-16(20-2)23-24(3,13)19/h4,7,9-11,19H,5-6,8,13H2,1-3H3/p+1/b7-4-. The van der Waals surface area contributed by atoms with E-state index in [-0.39, 0.29) is 12.7 Å². The van der Waals surface area contributed by atoms with E-state index in [4.69, 9.17) is 24.5 Å². The number of rotatable bonds is 9. The Bertz CT molecular complexity index is 446. The van der Waals surface area contributed by atoms with Crippen molar-refractivity contribution in [3.05, 3.63) is 12.3 Å². The maximum absolute atomic E-state index is 11.8. The van der Waals surface area contributed by atoms with Gasteiger partial charge in [0.1, 0.15) is 24.9 Å². The highest BCUT2D eigenvalue weighted by Gasteiger charge is 2.35. The van der Waals surface area contributed by atoms with Gasteiger partial charge in [0.15, 0.2) is 0 Å². The molecule has 24 heavy (non-hydrogen) atoms. The van der Waals surface area contributed by atoms with Gasteiger partial charge >= 0.3 is 13.9 Å². The molecule has 0 bridgehead atoms. The smallest absolute Gasteiger partial charge is 0.352 e. The Balaban J connectivity index is 2.51. The Morgan fingerprint density at radius 2 is 2.25 bits per heavy atom. The number of urea groups is 1. The quantitative estimate of drug-likeness (QED) is 0.298. The fraction of sp³-hybridized carbons (Fsp3) is 0.667. The number of nitrogens with zero attached hydrogens (tertiary/aromatic N) is 2. The second kappa shape index (κ2) is 9.97. The highest BCUT2D eigenvalue weighted by Crippen LogP contribution is 2.43. The second-order valence-corrected chi connectivity index (χ2v) is 7.02. The molecular formula is C12H24N4O7P+. The Morgan fingerprint density at radius 3 is 2.79 bits per heavy atom. The molecule has 12 heteroatoms. The van der Waals surface area contributed by atoms with Crippen LogP contribution in [-0.2, 0) is 23.8 Å². The summed E-state index contributed by atoms with van der Waals surface area (Å²) in [5.41, 5.74) is 5.38. The van der Waals surface area contributed by atoms with Crippen molar-refractivity contribution in [1.29, 1.82) is 0 Å². The first-order chi connectivity index (χ1) is 11.3. The van der Waals surface area contributed by atoms with Crippen molar-refractivity contribution in [1.82, 2.24) is 15.6 Å². The van der Waals surface area contributed by atoms with Gasteiger partial charge in [-0.25, -0.2) is 14.5 Å². The predicted octanol–water partition coefficient (Wildman–Crippen LogP) is 0.263. The third-order valence-corrected chi connectivity index (χ3v) is 3.33. The highest BCUT2D eigenvalue weighted by molar-refractivity contribution is 7.62. The normalized spacial score (nSPS) is 23.4. The maximum atomic E-state index is 11.8. The van der Waals surface area contributed by atoms with Gasteiger partial charge in [0.25, 0.3) is 0 Å². The molecule has 0 aromatic heterocycles. The molecule has 0 aromatic rings. The Kier molecular flexibility index (Phi) is 8.67. The molecule has 0 aliphatic carbocycles. The van der Waals surface area contributed by atoms with Gasteiger partial charge in [-0.05, 0) is 24.4 Å². The van der Waals surface area contributed by atoms with Crippen LogP contribution in [0.15, 0.2) is 12.3 Å². The van der Waals surface area contributed by atoms with Crippen molar-refractivity contribution in [3.8, 4) is 0 Å². The van der Waals surface area contributed by atoms with E-state index in [1.165, 1.54) is 24.9 Å². The van der Waals surface area contributed by atoms with Gasteiger partial charge in [-0.15, -0.1) is 0 Å². The number of carbonyl (C=O) groups is 2. The van der Waals surface area contributed by atoms with Crippen LogP contribution < -0.4 is 10.8 Å². The summed E-state index contributed by atoms with van der Waals surface area (Å²) in [4.78, 5) is 43.0. The summed E-state index contributed by atoms with van der Waals surface area (Å²) in [6.45, 7) is 3.11. The van der Waals surface area contributed by atoms with Gasteiger partial charge in [0.05, 0.1) is 13.2 Å². The Hall–Kier alpha value is -1.17. The van der Waals surface area contributed by atoms with Crippen molar-refractivity contribution < 1.29 is 33.5 Å². The molecule has 3 unspecified atom stereocenters. The first-order valence-corrected chi connectivity index (χ1v) is 9.33. The number of nitrogens with one attached hydrogen (secondary N) is 1. The van der Waals surface area contributed by atoms with Gasteiger partial charge in [-0.3, -0.25) is 19.8 Å². The fourth-order valence-electron chi connectivity index (χ4n) is 1.98. The summed E-state index contributed by atoms with van der Waals surface area (Å²) in [5.74, 6) is 0. The summed E-state index contributed by atoms with van der Waals surface area (Å²) in [6.07, 6.45) is 3.78. The van der Waals surface area contributed by atoms with Crippen molar-refractivity contribution in [2.45, 2.75) is 32.1 Å².